The Hall–Kier alpha value is -2.49. The molecule has 0 saturated carbocycles. The predicted octanol–water partition coefficient (Wildman–Crippen LogP) is 2.85. The van der Waals surface area contributed by atoms with Gasteiger partial charge in [0.1, 0.15) is 0 Å². The number of carbonyl (C=O) groups excluding carboxylic acids is 1. The molecule has 0 spiro atoms. The molecule has 0 saturated heterocycles. The SMILES string of the molecule is CC(CCc1ccccc1)NC(=O)c1ccc(O)c(O)c1. The summed E-state index contributed by atoms with van der Waals surface area (Å²) in [5.74, 6) is -0.783. The number of nitrogens with one attached hydrogen (secondary N) is 1. The van der Waals surface area contributed by atoms with Crippen LogP contribution in [-0.2, 0) is 6.42 Å². The zero-order chi connectivity index (χ0) is 15.2. The molecule has 1 unspecified atom stereocenters. The number of aromatic hydroxyl groups is 2. The van der Waals surface area contributed by atoms with E-state index in [1.165, 1.54) is 23.8 Å². The Kier molecular flexibility index (Phi) is 4.82. The van der Waals surface area contributed by atoms with Crippen molar-refractivity contribution in [2.24, 2.45) is 0 Å². The number of amides is 1. The normalized spacial score (nSPS) is 11.9. The Morgan fingerprint density at radius 2 is 1.81 bits per heavy atom. The second kappa shape index (κ2) is 6.79. The lowest BCUT2D eigenvalue weighted by Crippen LogP contribution is -2.32. The molecule has 0 heterocycles. The molecule has 0 bridgehead atoms. The van der Waals surface area contributed by atoms with Crippen molar-refractivity contribution < 1.29 is 15.0 Å². The zero-order valence-corrected chi connectivity index (χ0v) is 11.9. The molecule has 1 atom stereocenters. The molecular formula is C17H19NO3. The minimum absolute atomic E-state index is 0.0219. The van der Waals surface area contributed by atoms with Crippen molar-refractivity contribution in [2.45, 2.75) is 25.8 Å². The Bertz CT molecular complexity index is 611. The van der Waals surface area contributed by atoms with Gasteiger partial charge in [0.2, 0.25) is 0 Å². The molecule has 4 nitrogen and oxygen atoms in total. The first-order valence-corrected chi connectivity index (χ1v) is 6.93. The third kappa shape index (κ3) is 4.24. The van der Waals surface area contributed by atoms with Crippen molar-refractivity contribution in [3.63, 3.8) is 0 Å². The third-order valence-electron chi connectivity index (χ3n) is 3.32. The molecule has 0 fully saturated rings. The monoisotopic (exact) mass is 285 g/mol. The number of phenolic OH excluding ortho intramolecular Hbond substituents is 2. The Morgan fingerprint density at radius 1 is 1.10 bits per heavy atom. The van der Waals surface area contributed by atoms with Gasteiger partial charge in [-0.1, -0.05) is 30.3 Å². The largest absolute Gasteiger partial charge is 0.504 e. The highest BCUT2D eigenvalue weighted by atomic mass is 16.3. The van der Waals surface area contributed by atoms with Gasteiger partial charge in [-0.2, -0.15) is 0 Å². The smallest absolute Gasteiger partial charge is 0.251 e. The van der Waals surface area contributed by atoms with Crippen LogP contribution in [0.5, 0.6) is 11.5 Å². The standard InChI is InChI=1S/C17H19NO3/c1-12(7-8-13-5-3-2-4-6-13)18-17(21)14-9-10-15(19)16(20)11-14/h2-6,9-12,19-20H,7-8H2,1H3,(H,18,21). The van der Waals surface area contributed by atoms with Gasteiger partial charge in [0.05, 0.1) is 0 Å². The molecule has 110 valence electrons. The maximum atomic E-state index is 12.0. The molecule has 2 aromatic rings. The van der Waals surface area contributed by atoms with Gasteiger partial charge in [0.15, 0.2) is 11.5 Å². The minimum atomic E-state index is -0.292. The highest BCUT2D eigenvalue weighted by molar-refractivity contribution is 5.95. The van der Waals surface area contributed by atoms with Gasteiger partial charge in [-0.3, -0.25) is 4.79 Å². The number of hydrogen-bond donors (Lipinski definition) is 3. The molecule has 21 heavy (non-hydrogen) atoms. The van der Waals surface area contributed by atoms with E-state index in [4.69, 9.17) is 0 Å². The summed E-state index contributed by atoms with van der Waals surface area (Å²) in [6.45, 7) is 1.95. The minimum Gasteiger partial charge on any atom is -0.504 e. The number of phenols is 2. The molecule has 1 amide bonds. The number of benzene rings is 2. The van der Waals surface area contributed by atoms with Gasteiger partial charge in [-0.05, 0) is 43.5 Å². The average Bonchev–Trinajstić information content (AvgIpc) is 2.49. The maximum Gasteiger partial charge on any atom is 0.251 e. The quantitative estimate of drug-likeness (QED) is 0.740. The highest BCUT2D eigenvalue weighted by Gasteiger charge is 2.11. The molecule has 0 aliphatic rings. The molecule has 0 aliphatic heterocycles. The van der Waals surface area contributed by atoms with E-state index in [-0.39, 0.29) is 23.4 Å². The predicted molar refractivity (Wildman–Crippen MR) is 81.5 cm³/mol. The van der Waals surface area contributed by atoms with E-state index >= 15 is 0 Å². The second-order valence-electron chi connectivity index (χ2n) is 5.10. The van der Waals surface area contributed by atoms with Crippen LogP contribution in [0.25, 0.3) is 0 Å². The van der Waals surface area contributed by atoms with Crippen LogP contribution in [0.1, 0.15) is 29.3 Å². The van der Waals surface area contributed by atoms with E-state index in [9.17, 15) is 15.0 Å². The molecular weight excluding hydrogens is 266 g/mol. The second-order valence-corrected chi connectivity index (χ2v) is 5.10. The Labute approximate surface area is 124 Å². The topological polar surface area (TPSA) is 69.6 Å². The molecule has 0 radical (unpaired) electrons. The molecule has 4 heteroatoms. The molecule has 2 aromatic carbocycles. The van der Waals surface area contributed by atoms with Crippen molar-refractivity contribution in [1.29, 1.82) is 0 Å². The first kappa shape index (κ1) is 14.9. The van der Waals surface area contributed by atoms with Gasteiger partial charge in [-0.25, -0.2) is 0 Å². The van der Waals surface area contributed by atoms with Crippen molar-refractivity contribution >= 4 is 5.91 Å². The number of hydrogen-bond acceptors (Lipinski definition) is 3. The van der Waals surface area contributed by atoms with Gasteiger partial charge in [-0.15, -0.1) is 0 Å². The summed E-state index contributed by atoms with van der Waals surface area (Å²) in [4.78, 5) is 12.0. The lowest BCUT2D eigenvalue weighted by atomic mass is 10.1. The number of carbonyl (C=O) groups is 1. The molecule has 2 rings (SSSR count). The third-order valence-corrected chi connectivity index (χ3v) is 3.32. The van der Waals surface area contributed by atoms with Crippen molar-refractivity contribution in [3.05, 3.63) is 59.7 Å². The average molecular weight is 285 g/mol. The molecule has 3 N–H and O–H groups in total. The maximum absolute atomic E-state index is 12.0. The Morgan fingerprint density at radius 3 is 2.48 bits per heavy atom. The van der Waals surface area contributed by atoms with E-state index in [1.54, 1.807) is 0 Å². The van der Waals surface area contributed by atoms with Crippen LogP contribution in [0.4, 0.5) is 0 Å². The first-order valence-electron chi connectivity index (χ1n) is 6.93. The highest BCUT2D eigenvalue weighted by Crippen LogP contribution is 2.24. The van der Waals surface area contributed by atoms with E-state index in [0.29, 0.717) is 5.56 Å². The molecule has 0 aromatic heterocycles. The van der Waals surface area contributed by atoms with Crippen LogP contribution in [0, 0.1) is 0 Å². The van der Waals surface area contributed by atoms with Gasteiger partial charge >= 0.3 is 0 Å². The van der Waals surface area contributed by atoms with Crippen molar-refractivity contribution in [2.75, 3.05) is 0 Å². The van der Waals surface area contributed by atoms with E-state index in [1.807, 2.05) is 25.1 Å². The fourth-order valence-corrected chi connectivity index (χ4v) is 2.07. The number of rotatable bonds is 5. The van der Waals surface area contributed by atoms with Gasteiger partial charge in [0, 0.05) is 11.6 Å². The summed E-state index contributed by atoms with van der Waals surface area (Å²) in [5.41, 5.74) is 1.57. The summed E-state index contributed by atoms with van der Waals surface area (Å²) in [7, 11) is 0. The van der Waals surface area contributed by atoms with Crippen LogP contribution in [0.15, 0.2) is 48.5 Å². The number of aryl methyl sites for hydroxylation is 1. The summed E-state index contributed by atoms with van der Waals surface area (Å²) in [6.07, 6.45) is 1.73. The van der Waals surface area contributed by atoms with Crippen LogP contribution in [0.2, 0.25) is 0 Å². The fourth-order valence-electron chi connectivity index (χ4n) is 2.07. The summed E-state index contributed by atoms with van der Waals surface area (Å²) >= 11 is 0. The van der Waals surface area contributed by atoms with E-state index in [2.05, 4.69) is 17.4 Å². The zero-order valence-electron chi connectivity index (χ0n) is 11.9. The molecule has 0 aliphatic carbocycles. The van der Waals surface area contributed by atoms with E-state index in [0.717, 1.165) is 12.8 Å². The Balaban J connectivity index is 1.88. The van der Waals surface area contributed by atoms with Crippen molar-refractivity contribution in [1.82, 2.24) is 5.32 Å². The van der Waals surface area contributed by atoms with Gasteiger partial charge < -0.3 is 15.5 Å². The van der Waals surface area contributed by atoms with Gasteiger partial charge in [0.25, 0.3) is 5.91 Å². The summed E-state index contributed by atoms with van der Waals surface area (Å²) in [5, 5.41) is 21.5. The first-order chi connectivity index (χ1) is 10.1. The van der Waals surface area contributed by atoms with Crippen molar-refractivity contribution in [3.8, 4) is 11.5 Å². The summed E-state index contributed by atoms with van der Waals surface area (Å²) < 4.78 is 0. The fraction of sp³-hybridized carbons (Fsp3) is 0.235. The summed E-state index contributed by atoms with van der Waals surface area (Å²) in [6, 6.07) is 14.2. The van der Waals surface area contributed by atoms with Crippen LogP contribution < -0.4 is 5.32 Å². The van der Waals surface area contributed by atoms with E-state index < -0.39 is 0 Å². The lowest BCUT2D eigenvalue weighted by molar-refractivity contribution is 0.0938. The van der Waals surface area contributed by atoms with Crippen LogP contribution in [-0.4, -0.2) is 22.2 Å². The lowest BCUT2D eigenvalue weighted by Gasteiger charge is -2.14. The van der Waals surface area contributed by atoms with Crippen LogP contribution >= 0.6 is 0 Å². The van der Waals surface area contributed by atoms with Crippen LogP contribution in [0.3, 0.4) is 0 Å².